The van der Waals surface area contributed by atoms with Gasteiger partial charge in [0.1, 0.15) is 6.61 Å². The molecule has 2 N–H and O–H groups in total. The van der Waals surface area contributed by atoms with E-state index in [-0.39, 0.29) is 19.7 Å². The number of carboxylic acid groups (broad SMARTS) is 2. The molecule has 0 aliphatic rings. The molecule has 0 spiro atoms. The maximum absolute atomic E-state index is 12.4. The van der Waals surface area contributed by atoms with Gasteiger partial charge in [0, 0.05) is 0 Å². The van der Waals surface area contributed by atoms with E-state index < -0.39 is 28.6 Å². The van der Waals surface area contributed by atoms with Crippen LogP contribution in [0.4, 0.5) is 4.79 Å². The molecule has 0 saturated heterocycles. The highest BCUT2D eigenvalue weighted by Crippen LogP contribution is 2.18. The summed E-state index contributed by atoms with van der Waals surface area (Å²) in [5, 5.41) is 18.3. The Kier molecular flexibility index (Phi) is 6.06. The van der Waals surface area contributed by atoms with Crippen molar-refractivity contribution in [3.63, 3.8) is 0 Å². The summed E-state index contributed by atoms with van der Waals surface area (Å²) in [5.41, 5.74) is 0.739. The van der Waals surface area contributed by atoms with Crippen molar-refractivity contribution in [1.82, 2.24) is 0 Å². The van der Waals surface area contributed by atoms with Gasteiger partial charge in [-0.25, -0.2) is 14.1 Å². The van der Waals surface area contributed by atoms with Crippen molar-refractivity contribution in [3.05, 3.63) is 35.9 Å². The Morgan fingerprint density at radius 2 is 1.55 bits per heavy atom. The molecule has 7 nitrogen and oxygen atoms in total. The predicted molar refractivity (Wildman–Crippen MR) is 77.0 cm³/mol. The number of hydrogen-bond donors (Lipinski definition) is 2. The third-order valence-corrected chi connectivity index (χ3v) is 3.66. The first-order chi connectivity index (χ1) is 10.4. The molecule has 0 heterocycles. The fraction of sp³-hybridized carbons (Fsp3) is 0.400. The minimum atomic E-state index is -1.89. The van der Waals surface area contributed by atoms with Crippen LogP contribution in [0.5, 0.6) is 0 Å². The van der Waals surface area contributed by atoms with E-state index in [1.165, 1.54) is 0 Å². The molecule has 0 unspecified atom stereocenters. The predicted octanol–water partition coefficient (Wildman–Crippen LogP) is 1.72. The molecule has 0 radical (unpaired) electrons. The van der Waals surface area contributed by atoms with Gasteiger partial charge in [-0.15, -0.1) is 0 Å². The SMILES string of the molecule is CC[N+](CC)(C(=O)OCc1ccccc1)C(C(=O)O)C(=O)O. The van der Waals surface area contributed by atoms with Crippen LogP contribution in [-0.2, 0) is 20.9 Å². The first kappa shape index (κ1) is 17.6. The molecule has 0 atom stereocenters. The Morgan fingerprint density at radius 1 is 1.05 bits per heavy atom. The highest BCUT2D eigenvalue weighted by atomic mass is 16.6. The van der Waals surface area contributed by atoms with Crippen LogP contribution in [0.1, 0.15) is 19.4 Å². The second kappa shape index (κ2) is 7.56. The molecule has 0 aliphatic heterocycles. The summed E-state index contributed by atoms with van der Waals surface area (Å²) in [7, 11) is 0. The lowest BCUT2D eigenvalue weighted by Crippen LogP contribution is -2.65. The van der Waals surface area contributed by atoms with Gasteiger partial charge >= 0.3 is 18.0 Å². The standard InChI is InChI=1S/C15H19NO6/c1-3-16(4-2,12(13(17)18)14(19)20)15(21)22-10-11-8-6-5-7-9-11/h5-9,12H,3-4,10H2,1-2H3,(H-,17,18,19,20)/p+1. The molecule has 1 rings (SSSR count). The largest absolute Gasteiger partial charge is 0.517 e. The van der Waals surface area contributed by atoms with Crippen LogP contribution in [0.2, 0.25) is 0 Å². The molecular weight excluding hydrogens is 290 g/mol. The number of aliphatic carboxylic acids is 2. The van der Waals surface area contributed by atoms with E-state index in [1.54, 1.807) is 38.1 Å². The summed E-state index contributed by atoms with van der Waals surface area (Å²) in [5.74, 6) is -3.12. The number of carbonyl (C=O) groups excluding carboxylic acids is 1. The Labute approximate surface area is 128 Å². The summed E-state index contributed by atoms with van der Waals surface area (Å²) in [6, 6.07) is 6.99. The van der Waals surface area contributed by atoms with Crippen molar-refractivity contribution >= 4 is 18.0 Å². The van der Waals surface area contributed by atoms with E-state index in [9.17, 15) is 24.6 Å². The average Bonchev–Trinajstić information content (AvgIpc) is 2.50. The van der Waals surface area contributed by atoms with E-state index in [0.717, 1.165) is 5.56 Å². The van der Waals surface area contributed by atoms with Crippen LogP contribution in [0.25, 0.3) is 0 Å². The Morgan fingerprint density at radius 3 is 1.95 bits per heavy atom. The van der Waals surface area contributed by atoms with Crippen molar-refractivity contribution in [3.8, 4) is 0 Å². The second-order valence-electron chi connectivity index (χ2n) is 4.79. The zero-order valence-electron chi connectivity index (χ0n) is 12.6. The first-order valence-electron chi connectivity index (χ1n) is 6.92. The molecule has 120 valence electrons. The van der Waals surface area contributed by atoms with E-state index in [1.807, 2.05) is 6.07 Å². The summed E-state index contributed by atoms with van der Waals surface area (Å²) >= 11 is 0. The van der Waals surface area contributed by atoms with Gasteiger partial charge in [0.15, 0.2) is 0 Å². The van der Waals surface area contributed by atoms with Crippen molar-refractivity contribution in [2.24, 2.45) is 0 Å². The number of amides is 1. The van der Waals surface area contributed by atoms with Crippen molar-refractivity contribution < 1.29 is 33.8 Å². The average molecular weight is 310 g/mol. The smallest absolute Gasteiger partial charge is 0.476 e. The highest BCUT2D eigenvalue weighted by Gasteiger charge is 2.52. The molecule has 1 aromatic rings. The number of benzene rings is 1. The number of ether oxygens (including phenoxy) is 1. The minimum Gasteiger partial charge on any atom is -0.476 e. The molecule has 0 aromatic heterocycles. The van der Waals surface area contributed by atoms with Crippen LogP contribution in [0.3, 0.4) is 0 Å². The molecule has 7 heteroatoms. The minimum absolute atomic E-state index is 0.00733. The fourth-order valence-electron chi connectivity index (χ4n) is 2.33. The molecule has 1 amide bonds. The van der Waals surface area contributed by atoms with E-state index in [4.69, 9.17) is 4.74 Å². The molecule has 0 bridgehead atoms. The number of nitrogens with zero attached hydrogens (tertiary/aromatic N) is 1. The number of quaternary nitrogens is 1. The van der Waals surface area contributed by atoms with Crippen molar-refractivity contribution in [1.29, 1.82) is 0 Å². The molecular formula is C15H20NO6+. The third kappa shape index (κ3) is 3.62. The topological polar surface area (TPSA) is 101 Å². The quantitative estimate of drug-likeness (QED) is 0.587. The van der Waals surface area contributed by atoms with Gasteiger partial charge in [0.25, 0.3) is 6.04 Å². The van der Waals surface area contributed by atoms with Crippen molar-refractivity contribution in [2.75, 3.05) is 13.1 Å². The maximum Gasteiger partial charge on any atom is 0.517 e. The van der Waals surface area contributed by atoms with E-state index >= 15 is 0 Å². The Bertz CT molecular complexity index is 524. The maximum atomic E-state index is 12.4. The number of likely N-dealkylation sites (N-methyl/N-ethyl adjacent to an activating group) is 1. The fourth-order valence-corrected chi connectivity index (χ4v) is 2.33. The number of rotatable bonds is 7. The molecule has 22 heavy (non-hydrogen) atoms. The molecule has 1 aromatic carbocycles. The van der Waals surface area contributed by atoms with Crippen molar-refractivity contribution in [2.45, 2.75) is 26.5 Å². The van der Waals surface area contributed by atoms with E-state index in [0.29, 0.717) is 0 Å². The third-order valence-electron chi connectivity index (χ3n) is 3.66. The summed E-state index contributed by atoms with van der Waals surface area (Å²) in [6.07, 6.45) is -0.858. The number of hydrogen-bond acceptors (Lipinski definition) is 4. The molecule has 0 fully saturated rings. The summed E-state index contributed by atoms with van der Waals surface area (Å²) in [6.45, 7) is 3.10. The summed E-state index contributed by atoms with van der Waals surface area (Å²) < 4.78 is 4.37. The van der Waals surface area contributed by atoms with Crippen LogP contribution in [0, 0.1) is 0 Å². The summed E-state index contributed by atoms with van der Waals surface area (Å²) in [4.78, 5) is 34.9. The zero-order valence-corrected chi connectivity index (χ0v) is 12.6. The number of carboxylic acids is 2. The van der Waals surface area contributed by atoms with Gasteiger partial charge in [-0.3, -0.25) is 0 Å². The Balaban J connectivity index is 2.99. The van der Waals surface area contributed by atoms with E-state index in [2.05, 4.69) is 0 Å². The van der Waals surface area contributed by atoms with Crippen LogP contribution >= 0.6 is 0 Å². The van der Waals surface area contributed by atoms with Gasteiger partial charge in [-0.1, -0.05) is 30.3 Å². The van der Waals surface area contributed by atoms with Gasteiger partial charge in [-0.05, 0) is 19.4 Å². The normalized spacial score (nSPS) is 11.2. The zero-order chi connectivity index (χ0) is 16.8. The first-order valence-corrected chi connectivity index (χ1v) is 6.92. The second-order valence-corrected chi connectivity index (χ2v) is 4.79. The Hall–Kier alpha value is -2.41. The lowest BCUT2D eigenvalue weighted by atomic mass is 10.2. The van der Waals surface area contributed by atoms with Gasteiger partial charge in [0.2, 0.25) is 0 Å². The van der Waals surface area contributed by atoms with Crippen LogP contribution in [-0.4, -0.2) is 51.9 Å². The van der Waals surface area contributed by atoms with Gasteiger partial charge < -0.3 is 14.9 Å². The van der Waals surface area contributed by atoms with Gasteiger partial charge in [-0.2, -0.15) is 4.79 Å². The lowest BCUT2D eigenvalue weighted by molar-refractivity contribution is -0.863. The monoisotopic (exact) mass is 310 g/mol. The van der Waals surface area contributed by atoms with Crippen LogP contribution in [0.15, 0.2) is 30.3 Å². The lowest BCUT2D eigenvalue weighted by Gasteiger charge is -2.34. The number of carbonyl (C=O) groups is 3. The van der Waals surface area contributed by atoms with Crippen LogP contribution < -0.4 is 0 Å². The molecule has 0 aliphatic carbocycles. The highest BCUT2D eigenvalue weighted by molar-refractivity contribution is 5.97. The van der Waals surface area contributed by atoms with Gasteiger partial charge in [0.05, 0.1) is 13.1 Å². The molecule has 0 saturated carbocycles.